The van der Waals surface area contributed by atoms with Gasteiger partial charge in [-0.1, -0.05) is 91.3 Å². The number of nitrogens with one attached hydrogen (secondary N) is 2. The molecule has 0 bridgehead atoms. The molecule has 54 heavy (non-hydrogen) atoms. The number of hydrogen-bond acceptors (Lipinski definition) is 6. The van der Waals surface area contributed by atoms with Crippen LogP contribution in [0.25, 0.3) is 22.0 Å². The molecule has 4 aromatic rings. The Kier molecular flexibility index (Phi) is 8.63. The van der Waals surface area contributed by atoms with Gasteiger partial charge in [-0.3, -0.25) is 4.79 Å². The van der Waals surface area contributed by atoms with E-state index in [1.54, 1.807) is 6.92 Å². The fraction of sp³-hybridized carbons (Fsp3) is 0.435. The average molecular weight is 724 g/mol. The molecule has 5 aliphatic carbocycles. The molecule has 8 heteroatoms. The predicted molar refractivity (Wildman–Crippen MR) is 209 cm³/mol. The fourth-order valence-electron chi connectivity index (χ4n) is 11.7. The summed E-state index contributed by atoms with van der Waals surface area (Å²) < 4.78 is 5.84. The van der Waals surface area contributed by atoms with Crippen molar-refractivity contribution in [3.8, 4) is 11.1 Å². The van der Waals surface area contributed by atoms with Gasteiger partial charge in [-0.15, -0.1) is 0 Å². The Morgan fingerprint density at radius 3 is 2.33 bits per heavy atom. The third kappa shape index (κ3) is 5.71. The number of fused-ring (bicyclic) bond motifs is 9. The van der Waals surface area contributed by atoms with Gasteiger partial charge >= 0.3 is 12.1 Å². The number of alkyl carbamates (subject to hydrolysis) is 1. The number of benzene rings is 3. The zero-order chi connectivity index (χ0) is 37.2. The van der Waals surface area contributed by atoms with Crippen LogP contribution in [0.15, 0.2) is 95.7 Å². The number of para-hydroxylation sites is 1. The normalized spacial score (nSPS) is 29.6. The number of nitrogens with zero attached hydrogens (tertiary/aromatic N) is 1. The predicted octanol–water partition coefficient (Wildman–Crippen LogP) is 9.81. The summed E-state index contributed by atoms with van der Waals surface area (Å²) in [6.07, 6.45) is 9.76. The number of allylic oxidation sites excluding steroid dienone is 2. The highest BCUT2D eigenvalue weighted by molar-refractivity contribution is 5.97. The molecule has 2 N–H and O–H groups in total. The van der Waals surface area contributed by atoms with E-state index < -0.39 is 18.1 Å². The molecule has 7 atom stereocenters. The molecule has 0 aliphatic heterocycles. The Bertz CT molecular complexity index is 2140. The van der Waals surface area contributed by atoms with Gasteiger partial charge < -0.3 is 19.9 Å². The van der Waals surface area contributed by atoms with E-state index in [-0.39, 0.29) is 29.3 Å². The van der Waals surface area contributed by atoms with E-state index in [9.17, 15) is 14.4 Å². The average Bonchev–Trinajstić information content (AvgIpc) is 3.86. The molecule has 278 valence electrons. The minimum absolute atomic E-state index is 0.0835. The quantitative estimate of drug-likeness (QED) is 0.146. The van der Waals surface area contributed by atoms with Crippen LogP contribution < -0.4 is 5.32 Å². The summed E-state index contributed by atoms with van der Waals surface area (Å²) in [5.74, 6) is 1.64. The molecule has 1 amide bonds. The molecular weight excluding hydrogens is 675 g/mol. The molecule has 3 aromatic carbocycles. The fourth-order valence-corrected chi connectivity index (χ4v) is 11.7. The molecule has 0 saturated heterocycles. The number of carbonyl (C=O) groups is 3. The van der Waals surface area contributed by atoms with Gasteiger partial charge in [0.15, 0.2) is 6.04 Å². The van der Waals surface area contributed by atoms with Crippen molar-refractivity contribution in [2.24, 2.45) is 39.7 Å². The molecule has 5 aliphatic rings. The number of amides is 1. The second kappa shape index (κ2) is 13.4. The van der Waals surface area contributed by atoms with Crippen molar-refractivity contribution in [3.05, 3.63) is 107 Å². The smallest absolute Gasteiger partial charge is 0.408 e. The Hall–Kier alpha value is -4.98. The van der Waals surface area contributed by atoms with Crippen molar-refractivity contribution >= 4 is 34.5 Å². The van der Waals surface area contributed by atoms with E-state index in [1.807, 2.05) is 54.6 Å². The molecule has 3 saturated carbocycles. The van der Waals surface area contributed by atoms with Crippen LogP contribution >= 0.6 is 0 Å². The van der Waals surface area contributed by atoms with Gasteiger partial charge in [0.25, 0.3) is 0 Å². The Morgan fingerprint density at radius 2 is 1.59 bits per heavy atom. The monoisotopic (exact) mass is 723 g/mol. The first-order chi connectivity index (χ1) is 26.1. The first kappa shape index (κ1) is 34.8. The third-order valence-corrected chi connectivity index (χ3v) is 14.4. The van der Waals surface area contributed by atoms with Crippen LogP contribution in [0.5, 0.6) is 0 Å². The van der Waals surface area contributed by atoms with Gasteiger partial charge in [-0.25, -0.2) is 9.59 Å². The van der Waals surface area contributed by atoms with Crippen LogP contribution in [0, 0.1) is 34.5 Å². The Balaban J connectivity index is 0.911. The number of oxime groups is 1. The van der Waals surface area contributed by atoms with Gasteiger partial charge in [0, 0.05) is 17.4 Å². The van der Waals surface area contributed by atoms with Gasteiger partial charge in [0.2, 0.25) is 0 Å². The van der Waals surface area contributed by atoms with Crippen LogP contribution in [0.2, 0.25) is 0 Å². The van der Waals surface area contributed by atoms with E-state index in [2.05, 4.69) is 59.6 Å². The summed E-state index contributed by atoms with van der Waals surface area (Å²) in [7, 11) is 0. The SMILES string of the molecule is CC(=O)[C@H]1CCC2C3CCC4=C/C(=N/OC(=O)[C@@H](NC(=O)OCC5c6ccccc6-c6ccccc65)c5cc6ccccc6[nH]5)CC[C@]4(C)C3CC[C@@]21C. The highest BCUT2D eigenvalue weighted by atomic mass is 16.7. The zero-order valence-corrected chi connectivity index (χ0v) is 31.4. The van der Waals surface area contributed by atoms with Crippen molar-refractivity contribution in [1.82, 2.24) is 10.3 Å². The number of rotatable bonds is 7. The van der Waals surface area contributed by atoms with Crippen LogP contribution in [-0.4, -0.2) is 35.1 Å². The summed E-state index contributed by atoms with van der Waals surface area (Å²) in [4.78, 5) is 48.9. The van der Waals surface area contributed by atoms with Crippen LogP contribution in [0.1, 0.15) is 101 Å². The number of Topliss-reactive ketones (excluding diaryl/α,β-unsaturated/α-hetero) is 1. The number of aromatic amines is 1. The van der Waals surface area contributed by atoms with Crippen molar-refractivity contribution < 1.29 is 24.0 Å². The molecule has 9 rings (SSSR count). The number of hydrogen-bond donors (Lipinski definition) is 2. The van der Waals surface area contributed by atoms with Gasteiger partial charge in [-0.2, -0.15) is 0 Å². The zero-order valence-electron chi connectivity index (χ0n) is 31.4. The Labute approximate surface area is 316 Å². The standard InChI is InChI=1S/C46H49N3O5/c1-27(50)37-18-19-38-35-17-16-29-25-30(20-22-45(29,2)39(35)21-23-46(37,38)3)49-54-43(51)42(41-24-28-10-4-9-15-40(28)47-41)48-44(52)53-26-36-33-13-7-5-11-31(33)32-12-6-8-14-34(32)36/h4-15,24-25,35-39,42,47H,16-23,26H2,1-3H3,(H,48,52)/b49-30+/t35?,37-,38?,39?,42+,45+,46-/m1/s1. The maximum atomic E-state index is 13.9. The molecule has 8 nitrogen and oxygen atoms in total. The maximum absolute atomic E-state index is 13.9. The number of carbonyl (C=O) groups excluding carboxylic acids is 3. The molecule has 3 unspecified atom stereocenters. The molecule has 1 heterocycles. The number of H-pyrrole nitrogens is 1. The van der Waals surface area contributed by atoms with Crippen molar-refractivity contribution in [3.63, 3.8) is 0 Å². The number of ether oxygens (including phenoxy) is 1. The van der Waals surface area contributed by atoms with Crippen LogP contribution in [0.3, 0.4) is 0 Å². The molecule has 1 aromatic heterocycles. The van der Waals surface area contributed by atoms with Gasteiger partial charge in [-0.05, 0) is 133 Å². The lowest BCUT2D eigenvalue weighted by molar-refractivity contribution is -0.146. The molecule has 0 spiro atoms. The summed E-state index contributed by atoms with van der Waals surface area (Å²) in [6.45, 7) is 6.75. The maximum Gasteiger partial charge on any atom is 0.408 e. The summed E-state index contributed by atoms with van der Waals surface area (Å²) in [5, 5.41) is 8.12. The van der Waals surface area contributed by atoms with E-state index in [4.69, 9.17) is 9.57 Å². The van der Waals surface area contributed by atoms with Gasteiger partial charge in [0.05, 0.1) is 11.4 Å². The Morgan fingerprint density at radius 1 is 0.870 bits per heavy atom. The van der Waals surface area contributed by atoms with E-state index in [0.717, 1.165) is 77.4 Å². The lowest BCUT2D eigenvalue weighted by atomic mass is 9.46. The minimum Gasteiger partial charge on any atom is -0.449 e. The van der Waals surface area contributed by atoms with E-state index in [1.165, 1.54) is 12.0 Å². The van der Waals surface area contributed by atoms with Gasteiger partial charge in [0.1, 0.15) is 12.4 Å². The van der Waals surface area contributed by atoms with Crippen molar-refractivity contribution in [2.45, 2.75) is 84.1 Å². The minimum atomic E-state index is -1.16. The largest absolute Gasteiger partial charge is 0.449 e. The first-order valence-electron chi connectivity index (χ1n) is 19.8. The summed E-state index contributed by atoms with van der Waals surface area (Å²) >= 11 is 0. The second-order valence-electron chi connectivity index (χ2n) is 17.0. The first-order valence-corrected chi connectivity index (χ1v) is 19.8. The molecular formula is C46H49N3O5. The lowest BCUT2D eigenvalue weighted by Gasteiger charge is -2.58. The van der Waals surface area contributed by atoms with Crippen molar-refractivity contribution in [2.75, 3.05) is 6.61 Å². The van der Waals surface area contributed by atoms with E-state index in [0.29, 0.717) is 35.7 Å². The lowest BCUT2D eigenvalue weighted by Crippen LogP contribution is -2.51. The highest BCUT2D eigenvalue weighted by Crippen LogP contribution is 2.66. The second-order valence-corrected chi connectivity index (χ2v) is 17.0. The topological polar surface area (TPSA) is 110 Å². The highest BCUT2D eigenvalue weighted by Gasteiger charge is 2.59. The molecule has 3 fully saturated rings. The summed E-state index contributed by atoms with van der Waals surface area (Å²) in [6, 6.07) is 24.8. The third-order valence-electron chi connectivity index (χ3n) is 14.4. The number of aromatic nitrogens is 1. The molecule has 0 radical (unpaired) electrons. The van der Waals surface area contributed by atoms with Crippen molar-refractivity contribution in [1.29, 1.82) is 0 Å². The summed E-state index contributed by atoms with van der Waals surface area (Å²) in [5.41, 5.74) is 8.22. The van der Waals surface area contributed by atoms with Crippen LogP contribution in [-0.2, 0) is 19.2 Å². The van der Waals surface area contributed by atoms with Crippen LogP contribution in [0.4, 0.5) is 4.79 Å². The number of ketones is 1. The van der Waals surface area contributed by atoms with E-state index >= 15 is 0 Å².